The van der Waals surface area contributed by atoms with Gasteiger partial charge in [-0.05, 0) is 79.3 Å². The van der Waals surface area contributed by atoms with Crippen LogP contribution in [0, 0.1) is 17.0 Å². The molecule has 5 aromatic rings. The van der Waals surface area contributed by atoms with Gasteiger partial charge in [-0.15, -0.1) is 0 Å². The van der Waals surface area contributed by atoms with Crippen LogP contribution >= 0.6 is 11.3 Å². The topological polar surface area (TPSA) is 206 Å². The summed E-state index contributed by atoms with van der Waals surface area (Å²) < 4.78 is 33.0. The normalized spacial score (nSPS) is 15.5. The quantitative estimate of drug-likeness (QED) is 0.105. The van der Waals surface area contributed by atoms with E-state index in [0.29, 0.717) is 74.6 Å². The maximum absolute atomic E-state index is 14.7. The Morgan fingerprint density at radius 1 is 1.03 bits per heavy atom. The van der Waals surface area contributed by atoms with Crippen LogP contribution in [0.25, 0.3) is 11.1 Å². The highest BCUT2D eigenvalue weighted by Crippen LogP contribution is 2.44. The van der Waals surface area contributed by atoms with Crippen molar-refractivity contribution in [3.8, 4) is 11.1 Å². The zero-order chi connectivity index (χ0) is 44.5. The standard InChI is InChI=1S/C42H46F2N12O6S/c1-24-41(56(61)62)63-42(47-24)49-40(60)29-8-4-5-9-33(29)48-36(58)20-45-37(59)23-52-14-10-28(11-15-52)55-34-12-16-53(25(2)57)22-32(34)39(50-55)54-13-6-7-26-17-30(27-19-46-51(3)21-27)31(38(43)44)18-35(26)54/h4-5,8-9,17-19,21,28,38H,6-7,10-16,20,22-23H2,1-3H3,(H,45,59)(H,48,58)(H,47,49,60). The first-order chi connectivity index (χ1) is 30.2. The molecule has 0 saturated carbocycles. The maximum atomic E-state index is 14.7. The lowest BCUT2D eigenvalue weighted by atomic mass is 9.92. The van der Waals surface area contributed by atoms with Gasteiger partial charge in [0.1, 0.15) is 5.69 Å². The number of carbonyl (C=O) groups excluding carboxylic acids is 4. The molecule has 1 saturated heterocycles. The number of thiazole rings is 1. The monoisotopic (exact) mass is 884 g/mol. The number of carbonyl (C=O) groups is 4. The van der Waals surface area contributed by atoms with Crippen LogP contribution in [-0.4, -0.2) is 102 Å². The number of hydrogen-bond donors (Lipinski definition) is 3. The van der Waals surface area contributed by atoms with Crippen LogP contribution in [0.3, 0.4) is 0 Å². The van der Waals surface area contributed by atoms with Gasteiger partial charge in [-0.25, -0.2) is 13.8 Å². The van der Waals surface area contributed by atoms with Crippen molar-refractivity contribution < 1.29 is 32.9 Å². The largest absolute Gasteiger partial charge is 0.348 e. The number of anilines is 4. The Bertz CT molecular complexity index is 2600. The van der Waals surface area contributed by atoms with Crippen molar-refractivity contribution >= 4 is 62.3 Å². The second kappa shape index (κ2) is 18.0. The fraction of sp³-hybridized carbons (Fsp3) is 0.405. The van der Waals surface area contributed by atoms with E-state index in [4.69, 9.17) is 5.10 Å². The van der Waals surface area contributed by atoms with Gasteiger partial charge in [-0.3, -0.25) is 48.9 Å². The third kappa shape index (κ3) is 9.15. The molecular formula is C42H46F2N12O6S. The molecule has 21 heteroatoms. The molecule has 4 amide bonds. The number of hydrogen-bond acceptors (Lipinski definition) is 12. The molecule has 0 atom stereocenters. The maximum Gasteiger partial charge on any atom is 0.348 e. The predicted molar refractivity (Wildman–Crippen MR) is 230 cm³/mol. The van der Waals surface area contributed by atoms with E-state index in [2.05, 4.69) is 30.7 Å². The van der Waals surface area contributed by atoms with Gasteiger partial charge >= 0.3 is 5.00 Å². The Hall–Kier alpha value is -6.61. The van der Waals surface area contributed by atoms with Gasteiger partial charge in [0, 0.05) is 80.8 Å². The molecule has 18 nitrogen and oxygen atoms in total. The molecule has 3 aromatic heterocycles. The highest BCUT2D eigenvalue weighted by molar-refractivity contribution is 7.19. The highest BCUT2D eigenvalue weighted by atomic mass is 32.1. The van der Waals surface area contributed by atoms with Crippen LogP contribution in [0.1, 0.15) is 77.1 Å². The first-order valence-electron chi connectivity index (χ1n) is 20.6. The minimum Gasteiger partial charge on any atom is -0.346 e. The summed E-state index contributed by atoms with van der Waals surface area (Å²) >= 11 is 0.726. The SMILES string of the molecule is CC(=O)N1CCc2c(c(N3CCCc4cc(-c5cnn(C)c5)c(C(F)F)cc43)nn2C2CCN(CC(=O)NCC(=O)Nc3ccccc3C(=O)Nc3nc(C)c([N+](=O)[O-])s3)CC2)C1. The smallest absolute Gasteiger partial charge is 0.346 e. The van der Waals surface area contributed by atoms with Crippen LogP contribution in [0.15, 0.2) is 48.8 Å². The first-order valence-corrected chi connectivity index (χ1v) is 21.4. The summed E-state index contributed by atoms with van der Waals surface area (Å²) in [4.78, 5) is 72.1. The number of halogens is 2. The fourth-order valence-corrected chi connectivity index (χ4v) is 9.37. The molecule has 0 radical (unpaired) electrons. The van der Waals surface area contributed by atoms with Gasteiger partial charge in [0.15, 0.2) is 10.9 Å². The first kappa shape index (κ1) is 43.1. The molecule has 63 heavy (non-hydrogen) atoms. The molecule has 3 N–H and O–H groups in total. The van der Waals surface area contributed by atoms with E-state index in [9.17, 15) is 38.1 Å². The summed E-state index contributed by atoms with van der Waals surface area (Å²) in [7, 11) is 1.75. The van der Waals surface area contributed by atoms with Gasteiger partial charge < -0.3 is 20.4 Å². The molecule has 3 aliphatic rings. The number of rotatable bonds is 12. The van der Waals surface area contributed by atoms with Gasteiger partial charge in [0.25, 0.3) is 12.3 Å². The third-order valence-corrected chi connectivity index (χ3v) is 12.7. The zero-order valence-electron chi connectivity index (χ0n) is 34.9. The van der Waals surface area contributed by atoms with E-state index < -0.39 is 23.2 Å². The molecule has 1 fully saturated rings. The molecule has 3 aliphatic heterocycles. The number of aromatic nitrogens is 5. The molecular weight excluding hydrogens is 839 g/mol. The molecule has 8 rings (SSSR count). The van der Waals surface area contributed by atoms with Gasteiger partial charge in [0.2, 0.25) is 17.7 Å². The lowest BCUT2D eigenvalue weighted by molar-refractivity contribution is -0.380. The van der Waals surface area contributed by atoms with Gasteiger partial charge in [-0.2, -0.15) is 10.2 Å². The number of aryl methyl sites for hydroxylation is 3. The lowest BCUT2D eigenvalue weighted by Gasteiger charge is -2.33. The molecule has 330 valence electrons. The Morgan fingerprint density at radius 3 is 2.51 bits per heavy atom. The molecule has 6 heterocycles. The van der Waals surface area contributed by atoms with Crippen molar-refractivity contribution in [3.05, 3.63) is 92.5 Å². The van der Waals surface area contributed by atoms with Crippen molar-refractivity contribution in [3.63, 3.8) is 0 Å². The van der Waals surface area contributed by atoms with Crippen molar-refractivity contribution in [2.75, 3.05) is 54.8 Å². The number of likely N-dealkylation sites (tertiary alicyclic amines) is 1. The summed E-state index contributed by atoms with van der Waals surface area (Å²) in [5, 5.41) is 28.3. The van der Waals surface area contributed by atoms with Crippen molar-refractivity contribution in [1.82, 2.24) is 39.7 Å². The molecule has 0 spiro atoms. The van der Waals surface area contributed by atoms with E-state index in [1.54, 1.807) is 54.1 Å². The summed E-state index contributed by atoms with van der Waals surface area (Å²) in [5.74, 6) is -0.896. The van der Waals surface area contributed by atoms with Crippen LogP contribution in [0.2, 0.25) is 0 Å². The van der Waals surface area contributed by atoms with E-state index >= 15 is 0 Å². The second-order valence-electron chi connectivity index (χ2n) is 15.9. The number of nitrogens with one attached hydrogen (secondary N) is 3. The fourth-order valence-electron chi connectivity index (χ4n) is 8.60. The lowest BCUT2D eigenvalue weighted by Crippen LogP contribution is -2.44. The summed E-state index contributed by atoms with van der Waals surface area (Å²) in [6.45, 7) is 5.39. The van der Waals surface area contributed by atoms with E-state index in [0.717, 1.165) is 41.0 Å². The number of benzene rings is 2. The molecule has 0 unspecified atom stereocenters. The average molecular weight is 885 g/mol. The number of amides is 4. The second-order valence-corrected chi connectivity index (χ2v) is 16.9. The van der Waals surface area contributed by atoms with Crippen LogP contribution in [-0.2, 0) is 40.8 Å². The Kier molecular flexibility index (Phi) is 12.3. The number of alkyl halides is 2. The van der Waals surface area contributed by atoms with Crippen molar-refractivity contribution in [2.24, 2.45) is 7.05 Å². The minimum atomic E-state index is -2.71. The minimum absolute atomic E-state index is 0.00214. The van der Waals surface area contributed by atoms with Crippen LogP contribution < -0.4 is 20.9 Å². The number of nitro groups is 1. The third-order valence-electron chi connectivity index (χ3n) is 11.7. The van der Waals surface area contributed by atoms with Crippen LogP contribution in [0.4, 0.5) is 36.1 Å². The molecule has 0 bridgehead atoms. The number of para-hydroxylation sites is 1. The molecule has 0 aliphatic carbocycles. The predicted octanol–water partition coefficient (Wildman–Crippen LogP) is 5.53. The number of fused-ring (bicyclic) bond motifs is 2. The van der Waals surface area contributed by atoms with Crippen molar-refractivity contribution in [2.45, 2.75) is 65.0 Å². The zero-order valence-corrected chi connectivity index (χ0v) is 35.7. The van der Waals surface area contributed by atoms with Gasteiger partial charge in [-0.1, -0.05) is 12.1 Å². The van der Waals surface area contributed by atoms with Gasteiger partial charge in [0.05, 0.1) is 48.0 Å². The summed E-state index contributed by atoms with van der Waals surface area (Å²) in [6, 6.07) is 9.70. The van der Waals surface area contributed by atoms with Crippen LogP contribution in [0.5, 0.6) is 0 Å². The van der Waals surface area contributed by atoms with E-state index in [-0.39, 0.29) is 63.6 Å². The highest BCUT2D eigenvalue weighted by Gasteiger charge is 2.35. The van der Waals surface area contributed by atoms with E-state index in [1.807, 2.05) is 15.9 Å². The Labute approximate surface area is 364 Å². The Balaban J connectivity index is 0.910. The number of piperidine rings is 1. The average Bonchev–Trinajstić information content (AvgIpc) is 3.98. The molecule has 2 aromatic carbocycles. The number of nitrogens with zero attached hydrogens (tertiary/aromatic N) is 9. The summed E-state index contributed by atoms with van der Waals surface area (Å²) in [5.41, 5.74) is 5.07. The van der Waals surface area contributed by atoms with E-state index in [1.165, 1.54) is 19.1 Å². The summed E-state index contributed by atoms with van der Waals surface area (Å²) in [6.07, 6.45) is 4.11. The van der Waals surface area contributed by atoms with Crippen molar-refractivity contribution in [1.29, 1.82) is 0 Å². The Morgan fingerprint density at radius 2 is 1.81 bits per heavy atom.